The van der Waals surface area contributed by atoms with Crippen LogP contribution in [-0.4, -0.2) is 42.4 Å². The summed E-state index contributed by atoms with van der Waals surface area (Å²) in [5, 5.41) is 10.8. The summed E-state index contributed by atoms with van der Waals surface area (Å²) in [4.78, 5) is 2.51. The number of likely N-dealkylation sites (tertiary alicyclic amines) is 1. The van der Waals surface area contributed by atoms with E-state index in [4.69, 9.17) is 4.74 Å². The minimum atomic E-state index is -0.331. The van der Waals surface area contributed by atoms with E-state index >= 15 is 0 Å². The predicted molar refractivity (Wildman–Crippen MR) is 100 cm³/mol. The molecule has 1 aliphatic carbocycles. The highest BCUT2D eigenvalue weighted by Gasteiger charge is 2.34. The average molecular weight is 337 g/mol. The smallest absolute Gasteiger partial charge is 0.122 e. The normalized spacial score (nSPS) is 26.9. The van der Waals surface area contributed by atoms with Crippen molar-refractivity contribution >= 4 is 0 Å². The molecular formula is C22H27NO2. The molecule has 3 nitrogen and oxygen atoms in total. The van der Waals surface area contributed by atoms with Gasteiger partial charge in [0.15, 0.2) is 0 Å². The molecule has 0 radical (unpaired) electrons. The largest absolute Gasteiger partial charge is 0.496 e. The second-order valence-corrected chi connectivity index (χ2v) is 7.36. The maximum Gasteiger partial charge on any atom is 0.122 e. The molecule has 1 fully saturated rings. The van der Waals surface area contributed by atoms with Crippen molar-refractivity contribution in [1.82, 2.24) is 4.90 Å². The third-order valence-corrected chi connectivity index (χ3v) is 5.99. The predicted octanol–water partition coefficient (Wildman–Crippen LogP) is 3.40. The number of piperidine rings is 1. The summed E-state index contributed by atoms with van der Waals surface area (Å²) in [6.45, 7) is 1.81. The van der Waals surface area contributed by atoms with Crippen molar-refractivity contribution in [3.8, 4) is 5.75 Å². The number of methoxy groups -OCH3 is 1. The Morgan fingerprint density at radius 3 is 2.56 bits per heavy atom. The van der Waals surface area contributed by atoms with Gasteiger partial charge >= 0.3 is 0 Å². The molecule has 1 N–H and O–H groups in total. The third kappa shape index (κ3) is 3.31. The minimum Gasteiger partial charge on any atom is -0.496 e. The van der Waals surface area contributed by atoms with E-state index in [0.717, 1.165) is 43.7 Å². The van der Waals surface area contributed by atoms with Gasteiger partial charge in [-0.15, -0.1) is 0 Å². The number of hydrogen-bond acceptors (Lipinski definition) is 3. The van der Waals surface area contributed by atoms with Gasteiger partial charge < -0.3 is 9.84 Å². The van der Waals surface area contributed by atoms with Gasteiger partial charge in [-0.05, 0) is 55.0 Å². The van der Waals surface area contributed by atoms with Gasteiger partial charge in [-0.2, -0.15) is 0 Å². The molecule has 2 aliphatic rings. The van der Waals surface area contributed by atoms with Crippen LogP contribution in [0.3, 0.4) is 0 Å². The Hall–Kier alpha value is -1.84. The van der Waals surface area contributed by atoms with Crippen molar-refractivity contribution in [2.75, 3.05) is 20.2 Å². The van der Waals surface area contributed by atoms with Crippen molar-refractivity contribution in [3.05, 3.63) is 65.2 Å². The van der Waals surface area contributed by atoms with Gasteiger partial charge in [-0.25, -0.2) is 0 Å². The van der Waals surface area contributed by atoms with E-state index in [1.807, 2.05) is 18.2 Å². The number of β-amino-alcohol motifs (C(OH)–C–C–N with tert-alkyl or cyclic N) is 1. The molecule has 0 bridgehead atoms. The van der Waals surface area contributed by atoms with E-state index in [1.165, 1.54) is 17.5 Å². The second-order valence-electron chi connectivity index (χ2n) is 7.36. The van der Waals surface area contributed by atoms with Gasteiger partial charge in [0.25, 0.3) is 0 Å². The fourth-order valence-corrected chi connectivity index (χ4v) is 4.61. The summed E-state index contributed by atoms with van der Waals surface area (Å²) in [6, 6.07) is 17.5. The molecule has 25 heavy (non-hydrogen) atoms. The van der Waals surface area contributed by atoms with E-state index in [-0.39, 0.29) is 12.0 Å². The minimum absolute atomic E-state index is 0.170. The van der Waals surface area contributed by atoms with Crippen LogP contribution in [-0.2, 0) is 12.8 Å². The average Bonchev–Trinajstić information content (AvgIpc) is 2.67. The molecule has 0 amide bonds. The summed E-state index contributed by atoms with van der Waals surface area (Å²) < 4.78 is 5.50. The number of benzene rings is 2. The first-order valence-corrected chi connectivity index (χ1v) is 9.38. The Morgan fingerprint density at radius 1 is 1.00 bits per heavy atom. The zero-order valence-electron chi connectivity index (χ0n) is 14.9. The molecule has 0 saturated carbocycles. The van der Waals surface area contributed by atoms with Crippen LogP contribution in [0.5, 0.6) is 5.75 Å². The Bertz CT molecular complexity index is 729. The Labute approximate surface area is 150 Å². The lowest BCUT2D eigenvalue weighted by atomic mass is 9.83. The topological polar surface area (TPSA) is 32.7 Å². The summed E-state index contributed by atoms with van der Waals surface area (Å²) in [5.74, 6) is 1.06. The summed E-state index contributed by atoms with van der Waals surface area (Å²) in [5.41, 5.74) is 4.13. The number of rotatable bonds is 3. The zero-order valence-corrected chi connectivity index (χ0v) is 14.9. The number of hydrogen-bond donors (Lipinski definition) is 1. The molecule has 4 rings (SSSR count). The van der Waals surface area contributed by atoms with E-state index in [2.05, 4.69) is 35.2 Å². The number of nitrogens with zero attached hydrogens (tertiary/aromatic N) is 1. The van der Waals surface area contributed by atoms with Gasteiger partial charge in [-0.1, -0.05) is 42.5 Å². The highest BCUT2D eigenvalue weighted by Crippen LogP contribution is 2.36. The highest BCUT2D eigenvalue weighted by molar-refractivity contribution is 5.37. The van der Waals surface area contributed by atoms with Crippen LogP contribution in [0.1, 0.15) is 35.4 Å². The molecule has 3 heteroatoms. The number of aliphatic hydroxyl groups excluding tert-OH is 1. The van der Waals surface area contributed by atoms with Gasteiger partial charge in [0.05, 0.1) is 13.2 Å². The quantitative estimate of drug-likeness (QED) is 0.932. The number of aliphatic hydroxyl groups is 1. The summed E-state index contributed by atoms with van der Waals surface area (Å²) >= 11 is 0. The molecule has 2 aromatic rings. The molecule has 132 valence electrons. The van der Waals surface area contributed by atoms with Crippen LogP contribution >= 0.6 is 0 Å². The van der Waals surface area contributed by atoms with Gasteiger partial charge in [0.1, 0.15) is 5.75 Å². The van der Waals surface area contributed by atoms with Gasteiger partial charge in [0.2, 0.25) is 0 Å². The molecule has 1 heterocycles. The molecule has 3 atom stereocenters. The lowest BCUT2D eigenvalue weighted by Crippen LogP contribution is -2.49. The zero-order chi connectivity index (χ0) is 17.2. The number of fused-ring (bicyclic) bond motifs is 1. The van der Waals surface area contributed by atoms with E-state index < -0.39 is 0 Å². The fourth-order valence-electron chi connectivity index (χ4n) is 4.61. The summed E-state index contributed by atoms with van der Waals surface area (Å²) in [7, 11) is 1.71. The van der Waals surface area contributed by atoms with Crippen LogP contribution in [0.15, 0.2) is 48.5 Å². The first kappa shape index (κ1) is 16.6. The van der Waals surface area contributed by atoms with Crippen LogP contribution in [0.25, 0.3) is 0 Å². The lowest BCUT2D eigenvalue weighted by molar-refractivity contribution is 0.0257. The fraction of sp³-hybridized carbons (Fsp3) is 0.455. The third-order valence-electron chi connectivity index (χ3n) is 5.99. The molecule has 1 aliphatic heterocycles. The maximum absolute atomic E-state index is 10.8. The van der Waals surface area contributed by atoms with Crippen LogP contribution < -0.4 is 4.74 Å². The maximum atomic E-state index is 10.8. The number of para-hydroxylation sites is 1. The highest BCUT2D eigenvalue weighted by atomic mass is 16.5. The van der Waals surface area contributed by atoms with E-state index in [0.29, 0.717) is 6.04 Å². The van der Waals surface area contributed by atoms with Crippen molar-refractivity contribution in [1.29, 1.82) is 0 Å². The first-order chi connectivity index (χ1) is 12.3. The summed E-state index contributed by atoms with van der Waals surface area (Å²) in [6.07, 6.45) is 4.12. The molecule has 0 spiro atoms. The number of ether oxygens (including phenoxy) is 1. The Morgan fingerprint density at radius 2 is 1.76 bits per heavy atom. The molecule has 1 saturated heterocycles. The standard InChI is InChI=1S/C22H27NO2/c1-25-22-9-5-4-8-20(22)19-12-13-23(15-21(19)24)18-11-10-16-6-2-3-7-17(16)14-18/h2-9,18-19,21,24H,10-15H2,1H3. The van der Waals surface area contributed by atoms with Crippen LogP contribution in [0.2, 0.25) is 0 Å². The number of aryl methyl sites for hydroxylation is 1. The van der Waals surface area contributed by atoms with Crippen molar-refractivity contribution in [2.45, 2.75) is 43.7 Å². The molecule has 2 aromatic carbocycles. The first-order valence-electron chi connectivity index (χ1n) is 9.38. The van der Waals surface area contributed by atoms with Crippen LogP contribution in [0, 0.1) is 0 Å². The van der Waals surface area contributed by atoms with Gasteiger partial charge in [-0.3, -0.25) is 4.90 Å². The van der Waals surface area contributed by atoms with Crippen molar-refractivity contribution < 1.29 is 9.84 Å². The van der Waals surface area contributed by atoms with E-state index in [9.17, 15) is 5.11 Å². The Balaban J connectivity index is 1.45. The second kappa shape index (κ2) is 7.19. The lowest BCUT2D eigenvalue weighted by Gasteiger charge is -2.42. The molecule has 0 aromatic heterocycles. The Kier molecular flexibility index (Phi) is 4.78. The van der Waals surface area contributed by atoms with Crippen molar-refractivity contribution in [2.24, 2.45) is 0 Å². The van der Waals surface area contributed by atoms with Crippen LogP contribution in [0.4, 0.5) is 0 Å². The van der Waals surface area contributed by atoms with Gasteiger partial charge in [0, 0.05) is 18.5 Å². The monoisotopic (exact) mass is 337 g/mol. The molecule has 3 unspecified atom stereocenters. The van der Waals surface area contributed by atoms with E-state index in [1.54, 1.807) is 7.11 Å². The SMILES string of the molecule is COc1ccccc1C1CCN(C2CCc3ccccc3C2)CC1O. The molecular weight excluding hydrogens is 310 g/mol. The van der Waals surface area contributed by atoms with Crippen molar-refractivity contribution in [3.63, 3.8) is 0 Å².